The molecule has 3 aromatic rings. The summed E-state index contributed by atoms with van der Waals surface area (Å²) in [6, 6.07) is 9.95. The Hall–Kier alpha value is -3.67. The van der Waals surface area contributed by atoms with E-state index in [9.17, 15) is 23.2 Å². The third-order valence-electron chi connectivity index (χ3n) is 3.56. The van der Waals surface area contributed by atoms with Crippen LogP contribution in [-0.2, 0) is 6.18 Å². The standard InChI is InChI=1S/C18H11F3N4O2/c1-10-7-13(14(9-22)16(26)24-10)11-3-2-4-12(8-11)27-17-23-6-5-15(25-17)18(19,20)21/h2-8H,1H3,(H,24,26). The summed E-state index contributed by atoms with van der Waals surface area (Å²) in [6.07, 6.45) is -3.67. The number of hydrogen-bond donors (Lipinski definition) is 1. The van der Waals surface area contributed by atoms with Gasteiger partial charge in [0.1, 0.15) is 17.4 Å². The van der Waals surface area contributed by atoms with Crippen molar-refractivity contribution in [2.24, 2.45) is 0 Å². The minimum absolute atomic E-state index is 0.0759. The SMILES string of the molecule is Cc1cc(-c2cccc(Oc3nccc(C(F)(F)F)n3)c2)c(C#N)c(=O)[nH]1. The van der Waals surface area contributed by atoms with Crippen LogP contribution in [0.3, 0.4) is 0 Å². The second-order valence-corrected chi connectivity index (χ2v) is 5.53. The number of benzene rings is 1. The molecular weight excluding hydrogens is 361 g/mol. The van der Waals surface area contributed by atoms with Crippen LogP contribution in [-0.4, -0.2) is 15.0 Å². The highest BCUT2D eigenvalue weighted by molar-refractivity contribution is 5.71. The first-order valence-corrected chi connectivity index (χ1v) is 7.60. The lowest BCUT2D eigenvalue weighted by Gasteiger charge is -2.10. The van der Waals surface area contributed by atoms with E-state index in [2.05, 4.69) is 15.0 Å². The molecule has 1 N–H and O–H groups in total. The summed E-state index contributed by atoms with van der Waals surface area (Å²) in [5.41, 5.74) is -0.297. The van der Waals surface area contributed by atoms with Crippen LogP contribution in [0.5, 0.6) is 11.8 Å². The lowest BCUT2D eigenvalue weighted by atomic mass is 10.0. The number of alkyl halides is 3. The van der Waals surface area contributed by atoms with Gasteiger partial charge in [-0.1, -0.05) is 12.1 Å². The second-order valence-electron chi connectivity index (χ2n) is 5.53. The van der Waals surface area contributed by atoms with E-state index in [1.54, 1.807) is 25.1 Å². The molecule has 0 fully saturated rings. The predicted molar refractivity (Wildman–Crippen MR) is 89.1 cm³/mol. The Labute approximate surface area is 150 Å². The molecular formula is C18H11F3N4O2. The lowest BCUT2D eigenvalue weighted by molar-refractivity contribution is -0.141. The van der Waals surface area contributed by atoms with Gasteiger partial charge in [-0.25, -0.2) is 4.98 Å². The maximum absolute atomic E-state index is 12.7. The summed E-state index contributed by atoms with van der Waals surface area (Å²) in [5, 5.41) is 9.23. The number of pyridine rings is 1. The number of nitrogens with one attached hydrogen (secondary N) is 1. The molecule has 2 aromatic heterocycles. The van der Waals surface area contributed by atoms with Gasteiger partial charge in [0.15, 0.2) is 5.69 Å². The maximum Gasteiger partial charge on any atom is 0.433 e. The van der Waals surface area contributed by atoms with E-state index in [1.165, 1.54) is 12.1 Å². The van der Waals surface area contributed by atoms with Crippen LogP contribution in [0, 0.1) is 18.3 Å². The summed E-state index contributed by atoms with van der Waals surface area (Å²) in [4.78, 5) is 21.5. The predicted octanol–water partition coefficient (Wildman–Crippen LogP) is 3.82. The van der Waals surface area contributed by atoms with E-state index in [1.807, 2.05) is 6.07 Å². The quantitative estimate of drug-likeness (QED) is 0.755. The largest absolute Gasteiger partial charge is 0.433 e. The van der Waals surface area contributed by atoms with E-state index in [0.717, 1.165) is 12.3 Å². The molecule has 0 unspecified atom stereocenters. The van der Waals surface area contributed by atoms with Crippen molar-refractivity contribution in [3.8, 4) is 29.0 Å². The molecule has 0 saturated carbocycles. The molecule has 2 heterocycles. The molecule has 0 saturated heterocycles. The molecule has 0 radical (unpaired) electrons. The smallest absolute Gasteiger partial charge is 0.424 e. The number of rotatable bonds is 3. The highest BCUT2D eigenvalue weighted by Gasteiger charge is 2.33. The van der Waals surface area contributed by atoms with Crippen molar-refractivity contribution in [2.45, 2.75) is 13.1 Å². The number of H-pyrrole nitrogens is 1. The third-order valence-corrected chi connectivity index (χ3v) is 3.56. The van der Waals surface area contributed by atoms with Gasteiger partial charge in [-0.05, 0) is 36.8 Å². The molecule has 0 spiro atoms. The highest BCUT2D eigenvalue weighted by Crippen LogP contribution is 2.30. The van der Waals surface area contributed by atoms with Gasteiger partial charge in [-0.15, -0.1) is 0 Å². The van der Waals surface area contributed by atoms with Gasteiger partial charge in [0, 0.05) is 17.5 Å². The number of aromatic nitrogens is 3. The zero-order valence-corrected chi connectivity index (χ0v) is 13.8. The topological polar surface area (TPSA) is 91.7 Å². The molecule has 27 heavy (non-hydrogen) atoms. The first-order valence-electron chi connectivity index (χ1n) is 7.60. The van der Waals surface area contributed by atoms with Gasteiger partial charge in [-0.2, -0.15) is 23.4 Å². The number of nitriles is 1. The van der Waals surface area contributed by atoms with Crippen molar-refractivity contribution in [3.63, 3.8) is 0 Å². The van der Waals surface area contributed by atoms with E-state index < -0.39 is 23.4 Å². The maximum atomic E-state index is 12.7. The number of aromatic amines is 1. The normalized spacial score (nSPS) is 11.1. The van der Waals surface area contributed by atoms with Crippen molar-refractivity contribution in [1.29, 1.82) is 5.26 Å². The Morgan fingerprint density at radius 3 is 2.70 bits per heavy atom. The van der Waals surface area contributed by atoms with Crippen molar-refractivity contribution in [2.75, 3.05) is 0 Å². The van der Waals surface area contributed by atoms with E-state index >= 15 is 0 Å². The summed E-state index contributed by atoms with van der Waals surface area (Å²) in [5.74, 6) is 0.161. The van der Waals surface area contributed by atoms with E-state index in [0.29, 0.717) is 16.8 Å². The van der Waals surface area contributed by atoms with Gasteiger partial charge in [0.25, 0.3) is 5.56 Å². The summed E-state index contributed by atoms with van der Waals surface area (Å²) >= 11 is 0. The van der Waals surface area contributed by atoms with Gasteiger partial charge >= 0.3 is 12.2 Å². The number of nitrogens with zero attached hydrogens (tertiary/aromatic N) is 3. The third kappa shape index (κ3) is 3.95. The van der Waals surface area contributed by atoms with Crippen LogP contribution in [0.4, 0.5) is 13.2 Å². The number of halogens is 3. The van der Waals surface area contributed by atoms with E-state index in [4.69, 9.17) is 4.74 Å². The van der Waals surface area contributed by atoms with Gasteiger partial charge in [0.2, 0.25) is 0 Å². The van der Waals surface area contributed by atoms with Crippen molar-refractivity contribution in [1.82, 2.24) is 15.0 Å². The molecule has 3 rings (SSSR count). The van der Waals surface area contributed by atoms with Gasteiger partial charge in [0.05, 0.1) is 0 Å². The summed E-state index contributed by atoms with van der Waals surface area (Å²) in [7, 11) is 0. The molecule has 6 nitrogen and oxygen atoms in total. The Bertz CT molecular complexity index is 1100. The zero-order chi connectivity index (χ0) is 19.6. The molecule has 136 valence electrons. The van der Waals surface area contributed by atoms with E-state index in [-0.39, 0.29) is 11.3 Å². The molecule has 9 heteroatoms. The fourth-order valence-electron chi connectivity index (χ4n) is 2.41. The minimum Gasteiger partial charge on any atom is -0.424 e. The van der Waals surface area contributed by atoms with Crippen LogP contribution in [0.15, 0.2) is 47.4 Å². The van der Waals surface area contributed by atoms with Crippen LogP contribution >= 0.6 is 0 Å². The lowest BCUT2D eigenvalue weighted by Crippen LogP contribution is -2.12. The highest BCUT2D eigenvalue weighted by atomic mass is 19.4. The van der Waals surface area contributed by atoms with Crippen molar-refractivity contribution >= 4 is 0 Å². The average molecular weight is 372 g/mol. The van der Waals surface area contributed by atoms with Crippen molar-refractivity contribution < 1.29 is 17.9 Å². The Morgan fingerprint density at radius 1 is 1.22 bits per heavy atom. The molecule has 0 atom stereocenters. The molecule has 0 aliphatic carbocycles. The molecule has 0 amide bonds. The monoisotopic (exact) mass is 372 g/mol. The number of ether oxygens (including phenoxy) is 1. The van der Waals surface area contributed by atoms with Gasteiger partial charge in [-0.3, -0.25) is 4.79 Å². The summed E-state index contributed by atoms with van der Waals surface area (Å²) < 4.78 is 43.5. The van der Waals surface area contributed by atoms with Crippen LogP contribution in [0.25, 0.3) is 11.1 Å². The van der Waals surface area contributed by atoms with Crippen LogP contribution in [0.2, 0.25) is 0 Å². The number of hydrogen-bond acceptors (Lipinski definition) is 5. The first kappa shape index (κ1) is 18.1. The average Bonchev–Trinajstić information content (AvgIpc) is 2.61. The Balaban J connectivity index is 1.99. The molecule has 0 aliphatic rings. The minimum atomic E-state index is -4.62. The Morgan fingerprint density at radius 2 is 2.00 bits per heavy atom. The fourth-order valence-corrected chi connectivity index (χ4v) is 2.41. The number of aryl methyl sites for hydroxylation is 1. The molecule has 0 aliphatic heterocycles. The first-order chi connectivity index (χ1) is 12.8. The van der Waals surface area contributed by atoms with Crippen LogP contribution < -0.4 is 10.3 Å². The Kier molecular flexibility index (Phi) is 4.64. The zero-order valence-electron chi connectivity index (χ0n) is 13.8. The fraction of sp³-hybridized carbons (Fsp3) is 0.111. The van der Waals surface area contributed by atoms with Gasteiger partial charge < -0.3 is 9.72 Å². The summed E-state index contributed by atoms with van der Waals surface area (Å²) in [6.45, 7) is 1.67. The molecule has 0 bridgehead atoms. The van der Waals surface area contributed by atoms with Crippen molar-refractivity contribution in [3.05, 3.63) is 69.9 Å². The second kappa shape index (κ2) is 6.92. The van der Waals surface area contributed by atoms with Crippen LogP contribution in [0.1, 0.15) is 17.0 Å². The molecule has 1 aromatic carbocycles.